The molecular formula is C29H51N9O10. The maximum Gasteiger partial charge on any atom is 0.176 e. The molecule has 14 atom stereocenters. The smallest absolute Gasteiger partial charge is 0.176 e. The van der Waals surface area contributed by atoms with Gasteiger partial charge in [-0.25, -0.2) is 15.0 Å². The van der Waals surface area contributed by atoms with E-state index in [-0.39, 0.29) is 25.4 Å². The summed E-state index contributed by atoms with van der Waals surface area (Å²) in [7, 11) is 0. The predicted octanol–water partition coefficient (Wildman–Crippen LogP) is -4.08. The maximum atomic E-state index is 10.8. The van der Waals surface area contributed by atoms with E-state index in [1.54, 1.807) is 0 Å². The first-order valence-corrected chi connectivity index (χ1v) is 16.5. The highest BCUT2D eigenvalue weighted by Crippen LogP contribution is 2.32. The van der Waals surface area contributed by atoms with Crippen molar-refractivity contribution in [3.05, 3.63) is 12.7 Å². The van der Waals surface area contributed by atoms with Gasteiger partial charge in [0, 0.05) is 31.8 Å². The molecule has 48 heavy (non-hydrogen) atoms. The molecule has 5 rings (SSSR count). The Bertz CT molecular complexity index is 1300. The van der Waals surface area contributed by atoms with Gasteiger partial charge < -0.3 is 77.9 Å². The second kappa shape index (κ2) is 16.7. The summed E-state index contributed by atoms with van der Waals surface area (Å²) in [5, 5.41) is 52.6. The molecular weight excluding hydrogens is 634 g/mol. The van der Waals surface area contributed by atoms with Gasteiger partial charge in [-0.05, 0) is 19.3 Å². The van der Waals surface area contributed by atoms with Gasteiger partial charge in [0.2, 0.25) is 0 Å². The minimum absolute atomic E-state index is 0.0117. The van der Waals surface area contributed by atoms with Crippen LogP contribution in [0.2, 0.25) is 0 Å². The number of imidazole rings is 1. The minimum Gasteiger partial charge on any atom is -0.389 e. The quantitative estimate of drug-likeness (QED) is 0.0797. The lowest BCUT2D eigenvalue weighted by Gasteiger charge is -2.46. The zero-order valence-electron chi connectivity index (χ0n) is 26.8. The topological polar surface area (TPSA) is 321 Å². The highest BCUT2D eigenvalue weighted by molar-refractivity contribution is 5.81. The Labute approximate surface area is 277 Å². The van der Waals surface area contributed by atoms with Crippen molar-refractivity contribution in [2.24, 2.45) is 22.9 Å². The summed E-state index contributed by atoms with van der Waals surface area (Å²) in [6.45, 7) is 0.881. The summed E-state index contributed by atoms with van der Waals surface area (Å²) in [4.78, 5) is 12.3. The number of aliphatic hydroxyl groups excluding tert-OH is 5. The van der Waals surface area contributed by atoms with E-state index < -0.39 is 85.6 Å². The largest absolute Gasteiger partial charge is 0.389 e. The molecule has 0 aromatic carbocycles. The third kappa shape index (κ3) is 8.05. The van der Waals surface area contributed by atoms with Crippen molar-refractivity contribution in [2.45, 2.75) is 124 Å². The summed E-state index contributed by atoms with van der Waals surface area (Å²) >= 11 is 0. The van der Waals surface area contributed by atoms with E-state index in [0.717, 1.165) is 25.7 Å². The van der Waals surface area contributed by atoms with Crippen molar-refractivity contribution in [3.8, 4) is 0 Å². The number of ether oxygens (including phenoxy) is 5. The highest BCUT2D eigenvalue weighted by Gasteiger charge is 2.49. The van der Waals surface area contributed by atoms with Gasteiger partial charge in [0.25, 0.3) is 0 Å². The van der Waals surface area contributed by atoms with Crippen molar-refractivity contribution in [2.75, 3.05) is 32.1 Å². The fourth-order valence-electron chi connectivity index (χ4n) is 6.50. The molecule has 3 aliphatic rings. The Morgan fingerprint density at radius 1 is 0.792 bits per heavy atom. The number of hydrogen-bond donors (Lipinski definition) is 10. The molecule has 0 bridgehead atoms. The summed E-state index contributed by atoms with van der Waals surface area (Å²) < 4.78 is 30.9. The molecule has 15 N–H and O–H groups in total. The lowest BCUT2D eigenvalue weighted by molar-refractivity contribution is -0.292. The molecule has 2 aromatic rings. The molecule has 4 heterocycles. The Kier molecular flexibility index (Phi) is 12.9. The van der Waals surface area contributed by atoms with Gasteiger partial charge in [-0.15, -0.1) is 0 Å². The Balaban J connectivity index is 0.977. The van der Waals surface area contributed by atoms with Gasteiger partial charge in [-0.2, -0.15) is 0 Å². The lowest BCUT2D eigenvalue weighted by Crippen LogP contribution is -2.67. The van der Waals surface area contributed by atoms with Crippen LogP contribution in [0.25, 0.3) is 11.2 Å². The molecule has 0 spiro atoms. The number of hydrogen-bond acceptors (Lipinski definition) is 18. The molecule has 2 aromatic heterocycles. The average molecular weight is 686 g/mol. The van der Waals surface area contributed by atoms with E-state index >= 15 is 0 Å². The van der Waals surface area contributed by atoms with Crippen LogP contribution in [0, 0.1) is 0 Å². The third-order valence-corrected chi connectivity index (χ3v) is 9.36. The highest BCUT2D eigenvalue weighted by atomic mass is 16.7. The predicted molar refractivity (Wildman–Crippen MR) is 168 cm³/mol. The number of aliphatic hydroxyl groups is 5. The number of unbranched alkanes of at least 4 members (excludes halogenated alkanes) is 4. The van der Waals surface area contributed by atoms with Gasteiger partial charge >= 0.3 is 0 Å². The normalized spacial score (nSPS) is 38.9. The molecule has 3 fully saturated rings. The maximum absolute atomic E-state index is 10.8. The van der Waals surface area contributed by atoms with Crippen LogP contribution in [0.1, 0.15) is 44.8 Å². The van der Waals surface area contributed by atoms with Crippen molar-refractivity contribution in [1.29, 1.82) is 0 Å². The molecule has 19 heteroatoms. The number of aromatic nitrogens is 4. The third-order valence-electron chi connectivity index (χ3n) is 9.36. The average Bonchev–Trinajstić information content (AvgIpc) is 3.62. The van der Waals surface area contributed by atoms with Crippen molar-refractivity contribution in [1.82, 2.24) is 19.5 Å². The summed E-state index contributed by atoms with van der Waals surface area (Å²) in [6, 6.07) is -2.25. The van der Waals surface area contributed by atoms with Gasteiger partial charge in [0.15, 0.2) is 24.0 Å². The van der Waals surface area contributed by atoms with Crippen LogP contribution in [0.3, 0.4) is 0 Å². The Hall–Kier alpha value is -2.21. The van der Waals surface area contributed by atoms with E-state index in [2.05, 4.69) is 15.0 Å². The zero-order valence-corrected chi connectivity index (χ0v) is 26.8. The van der Waals surface area contributed by atoms with E-state index in [1.807, 2.05) is 0 Å². The zero-order chi connectivity index (χ0) is 34.5. The molecule has 1 saturated carbocycles. The number of nitrogen functional groups attached to an aromatic ring is 1. The Morgan fingerprint density at radius 2 is 1.52 bits per heavy atom. The van der Waals surface area contributed by atoms with Crippen LogP contribution < -0.4 is 28.7 Å². The van der Waals surface area contributed by atoms with Gasteiger partial charge in [-0.3, -0.25) is 4.57 Å². The number of fused-ring (bicyclic) bond motifs is 1. The van der Waals surface area contributed by atoms with Crippen molar-refractivity contribution < 1.29 is 49.2 Å². The van der Waals surface area contributed by atoms with Crippen LogP contribution in [0.5, 0.6) is 0 Å². The number of nitrogens with zero attached hydrogens (tertiary/aromatic N) is 4. The molecule has 272 valence electrons. The monoisotopic (exact) mass is 685 g/mol. The molecule has 0 unspecified atom stereocenters. The first-order valence-electron chi connectivity index (χ1n) is 16.5. The summed E-state index contributed by atoms with van der Waals surface area (Å²) in [5.74, 6) is 0.207. The second-order valence-corrected chi connectivity index (χ2v) is 12.8. The standard InChI is InChI=1S/C29H51N9O10/c30-9-15-21(41)25(17(33)29(47-15)48-24-14(32)8-13(31)19(39)22(24)42)45-7-5-3-1-2-4-6-44-10-16-20(40)23(43)28(46-16)38-12-37-18-26(34)35-11-36-27(18)38/h11-17,19-25,28-29,39-43H,1-10,30-33H2,(H2,34,35,36)/t13-,14+,15+,16+,17+,19+,20+,21+,22-,23+,24-,25+,28+,29-/m0/s1. The fourth-order valence-corrected chi connectivity index (χ4v) is 6.50. The van der Waals surface area contributed by atoms with Gasteiger partial charge in [-0.1, -0.05) is 19.3 Å². The molecule has 2 aliphatic heterocycles. The molecule has 0 radical (unpaired) electrons. The Morgan fingerprint density at radius 3 is 2.27 bits per heavy atom. The minimum atomic E-state index is -1.33. The SMILES string of the molecule is NC[C@H]1O[C@@H](O[C@@H]2[C@@H](O)[C@H](O)[C@@H](N)C[C@H]2N)[C@H](N)[C@@H](OCCCCCCCOC[C@H]2O[C@@H](n3cnc4c(N)ncnc43)[C@H](O)[C@@H]2O)[C@@H]1O. The number of rotatable bonds is 15. The van der Waals surface area contributed by atoms with Gasteiger partial charge in [0.05, 0.1) is 25.1 Å². The van der Waals surface area contributed by atoms with E-state index in [4.69, 9.17) is 52.4 Å². The van der Waals surface area contributed by atoms with Crippen LogP contribution in [-0.2, 0) is 23.7 Å². The number of nitrogens with two attached hydrogens (primary N) is 5. The molecule has 2 saturated heterocycles. The molecule has 1 aliphatic carbocycles. The van der Waals surface area contributed by atoms with Crippen LogP contribution in [-0.4, -0.2) is 151 Å². The lowest BCUT2D eigenvalue weighted by atomic mass is 9.84. The first-order chi connectivity index (χ1) is 23.0. The van der Waals surface area contributed by atoms with E-state index in [9.17, 15) is 25.5 Å². The number of anilines is 1. The first kappa shape index (κ1) is 37.1. The van der Waals surface area contributed by atoms with Crippen LogP contribution in [0.4, 0.5) is 5.82 Å². The van der Waals surface area contributed by atoms with Crippen LogP contribution >= 0.6 is 0 Å². The van der Waals surface area contributed by atoms with Gasteiger partial charge in [0.1, 0.15) is 60.7 Å². The molecule has 19 nitrogen and oxygen atoms in total. The van der Waals surface area contributed by atoms with Crippen molar-refractivity contribution >= 4 is 17.0 Å². The summed E-state index contributed by atoms with van der Waals surface area (Å²) in [6.07, 6.45) is -4.19. The fraction of sp³-hybridized carbons (Fsp3) is 0.828. The molecule has 0 amide bonds. The second-order valence-electron chi connectivity index (χ2n) is 12.8. The van der Waals surface area contributed by atoms with E-state index in [1.165, 1.54) is 17.2 Å². The van der Waals surface area contributed by atoms with Crippen molar-refractivity contribution in [3.63, 3.8) is 0 Å². The van der Waals surface area contributed by atoms with Crippen LogP contribution in [0.15, 0.2) is 12.7 Å². The van der Waals surface area contributed by atoms with E-state index in [0.29, 0.717) is 30.8 Å². The summed E-state index contributed by atoms with van der Waals surface area (Å²) in [5.41, 5.74) is 30.8.